The maximum Gasteiger partial charge on any atom is 0.349 e. The quantitative estimate of drug-likeness (QED) is 0.250. The summed E-state index contributed by atoms with van der Waals surface area (Å²) in [6, 6.07) is 8.70. The number of amides is 1. The van der Waals surface area contributed by atoms with Crippen molar-refractivity contribution in [3.63, 3.8) is 0 Å². The summed E-state index contributed by atoms with van der Waals surface area (Å²) in [5, 5.41) is 3.32. The van der Waals surface area contributed by atoms with Crippen LogP contribution in [0.2, 0.25) is 15.1 Å². The third-order valence-corrected chi connectivity index (χ3v) is 5.07. The Kier molecular flexibility index (Phi) is 6.47. The highest BCUT2D eigenvalue weighted by molar-refractivity contribution is 6.46. The van der Waals surface area contributed by atoms with Gasteiger partial charge in [0.05, 0.1) is 20.6 Å². The summed E-state index contributed by atoms with van der Waals surface area (Å²) in [5.41, 5.74) is -0.829. The van der Waals surface area contributed by atoms with E-state index in [1.54, 1.807) is 6.07 Å². The number of rotatable bonds is 5. The lowest BCUT2D eigenvalue weighted by Crippen LogP contribution is -2.28. The first kappa shape index (κ1) is 21.2. The molecule has 0 aliphatic rings. The molecule has 9 heteroatoms. The number of carbonyl (C=O) groups excluding carboxylic acids is 2. The zero-order chi connectivity index (χ0) is 21.1. The standard InChI is InChI=1S/C20H14Cl3NO5/c1-2-7-24-18(25)12-8-10-3-4-11(9-15(10)29-19(12)26)28-20(27)16-13(21)5-6-14(22)17(16)23/h3-6,8-9H,2,7H2,1H3,(H,24,25). The molecule has 29 heavy (non-hydrogen) atoms. The van der Waals surface area contributed by atoms with E-state index in [9.17, 15) is 14.4 Å². The van der Waals surface area contributed by atoms with Crippen molar-refractivity contribution in [2.75, 3.05) is 6.54 Å². The molecule has 0 aliphatic carbocycles. The average Bonchev–Trinajstić information content (AvgIpc) is 2.68. The monoisotopic (exact) mass is 453 g/mol. The van der Waals surface area contributed by atoms with Crippen LogP contribution in [0, 0.1) is 0 Å². The van der Waals surface area contributed by atoms with Gasteiger partial charge in [-0.2, -0.15) is 0 Å². The number of nitrogens with one attached hydrogen (secondary N) is 1. The van der Waals surface area contributed by atoms with Crippen LogP contribution in [0.15, 0.2) is 45.6 Å². The Bertz CT molecular complexity index is 1170. The molecule has 3 aromatic rings. The lowest BCUT2D eigenvalue weighted by molar-refractivity contribution is 0.0735. The van der Waals surface area contributed by atoms with E-state index in [0.717, 1.165) is 6.42 Å². The zero-order valence-corrected chi connectivity index (χ0v) is 17.3. The second-order valence-electron chi connectivity index (χ2n) is 6.01. The normalized spacial score (nSPS) is 10.8. The zero-order valence-electron chi connectivity index (χ0n) is 15.1. The molecule has 150 valence electrons. The molecule has 0 saturated carbocycles. The third kappa shape index (κ3) is 4.56. The summed E-state index contributed by atoms with van der Waals surface area (Å²) in [4.78, 5) is 36.6. The van der Waals surface area contributed by atoms with Crippen molar-refractivity contribution in [3.8, 4) is 5.75 Å². The summed E-state index contributed by atoms with van der Waals surface area (Å²) in [7, 11) is 0. The van der Waals surface area contributed by atoms with Crippen LogP contribution in [0.3, 0.4) is 0 Å². The summed E-state index contributed by atoms with van der Waals surface area (Å²) < 4.78 is 10.5. The van der Waals surface area contributed by atoms with Crippen LogP contribution in [0.5, 0.6) is 5.75 Å². The van der Waals surface area contributed by atoms with Gasteiger partial charge in [-0.05, 0) is 36.8 Å². The van der Waals surface area contributed by atoms with Crippen LogP contribution in [0.1, 0.15) is 34.1 Å². The highest BCUT2D eigenvalue weighted by atomic mass is 35.5. The third-order valence-electron chi connectivity index (χ3n) is 3.95. The molecule has 0 spiro atoms. The van der Waals surface area contributed by atoms with Crippen molar-refractivity contribution < 1.29 is 18.7 Å². The van der Waals surface area contributed by atoms with Crippen molar-refractivity contribution in [1.29, 1.82) is 0 Å². The highest BCUT2D eigenvalue weighted by Crippen LogP contribution is 2.32. The number of hydrogen-bond donors (Lipinski definition) is 1. The van der Waals surface area contributed by atoms with E-state index in [1.165, 1.54) is 30.3 Å². The lowest BCUT2D eigenvalue weighted by atomic mass is 10.1. The minimum absolute atomic E-state index is 0.0285. The summed E-state index contributed by atoms with van der Waals surface area (Å²) in [6.45, 7) is 2.34. The second-order valence-corrected chi connectivity index (χ2v) is 7.20. The van der Waals surface area contributed by atoms with Crippen LogP contribution in [0.25, 0.3) is 11.0 Å². The predicted octanol–water partition coefficient (Wildman–Crippen LogP) is 5.11. The van der Waals surface area contributed by atoms with Gasteiger partial charge in [-0.15, -0.1) is 0 Å². The fraction of sp³-hybridized carbons (Fsp3) is 0.150. The second kappa shape index (κ2) is 8.86. The Morgan fingerprint density at radius 3 is 2.52 bits per heavy atom. The van der Waals surface area contributed by atoms with Crippen LogP contribution >= 0.6 is 34.8 Å². The van der Waals surface area contributed by atoms with Gasteiger partial charge in [-0.3, -0.25) is 4.79 Å². The van der Waals surface area contributed by atoms with Crippen molar-refractivity contribution in [3.05, 3.63) is 73.0 Å². The molecule has 0 unspecified atom stereocenters. The molecule has 1 heterocycles. The predicted molar refractivity (Wildman–Crippen MR) is 112 cm³/mol. The van der Waals surface area contributed by atoms with Gasteiger partial charge >= 0.3 is 11.6 Å². The van der Waals surface area contributed by atoms with Gasteiger partial charge < -0.3 is 14.5 Å². The first-order valence-corrected chi connectivity index (χ1v) is 9.67. The fourth-order valence-electron chi connectivity index (χ4n) is 2.52. The van der Waals surface area contributed by atoms with Gasteiger partial charge in [0.1, 0.15) is 16.9 Å². The number of benzene rings is 2. The average molecular weight is 455 g/mol. The molecule has 3 rings (SSSR count). The SMILES string of the molecule is CCCNC(=O)c1cc2ccc(OC(=O)c3c(Cl)ccc(Cl)c3Cl)cc2oc1=O. The Hall–Kier alpha value is -2.54. The van der Waals surface area contributed by atoms with Gasteiger partial charge in [0.2, 0.25) is 0 Å². The number of carbonyl (C=O) groups is 2. The molecule has 0 atom stereocenters. The molecular formula is C20H14Cl3NO5. The van der Waals surface area contributed by atoms with Gasteiger partial charge in [0.25, 0.3) is 5.91 Å². The topological polar surface area (TPSA) is 85.6 Å². The molecule has 2 aromatic carbocycles. The minimum atomic E-state index is -0.820. The van der Waals surface area contributed by atoms with Crippen molar-refractivity contribution in [2.45, 2.75) is 13.3 Å². The number of hydrogen-bond acceptors (Lipinski definition) is 5. The minimum Gasteiger partial charge on any atom is -0.423 e. The Morgan fingerprint density at radius 1 is 1.07 bits per heavy atom. The summed E-state index contributed by atoms with van der Waals surface area (Å²) >= 11 is 18.0. The Labute approximate surface area is 180 Å². The number of ether oxygens (including phenoxy) is 1. The molecule has 0 bridgehead atoms. The van der Waals surface area contributed by atoms with Crippen LogP contribution in [-0.4, -0.2) is 18.4 Å². The molecule has 1 aromatic heterocycles. The molecule has 0 aliphatic heterocycles. The summed E-state index contributed by atoms with van der Waals surface area (Å²) in [6.07, 6.45) is 0.736. The molecule has 0 saturated heterocycles. The van der Waals surface area contributed by atoms with E-state index in [4.69, 9.17) is 44.0 Å². The lowest BCUT2D eigenvalue weighted by Gasteiger charge is -2.09. The van der Waals surface area contributed by atoms with Gasteiger partial charge in [-0.25, -0.2) is 9.59 Å². The smallest absolute Gasteiger partial charge is 0.349 e. The van der Waals surface area contributed by atoms with Gasteiger partial charge in [0.15, 0.2) is 0 Å². The Morgan fingerprint density at radius 2 is 1.79 bits per heavy atom. The first-order valence-electron chi connectivity index (χ1n) is 8.53. The van der Waals surface area contributed by atoms with E-state index in [0.29, 0.717) is 11.9 Å². The molecule has 6 nitrogen and oxygen atoms in total. The molecule has 1 amide bonds. The van der Waals surface area contributed by atoms with E-state index in [1.807, 2.05) is 6.92 Å². The molecule has 0 fully saturated rings. The van der Waals surface area contributed by atoms with E-state index in [-0.39, 0.29) is 37.5 Å². The van der Waals surface area contributed by atoms with Crippen molar-refractivity contribution in [1.82, 2.24) is 5.32 Å². The van der Waals surface area contributed by atoms with Crippen molar-refractivity contribution in [2.24, 2.45) is 0 Å². The number of esters is 1. The first-order chi connectivity index (χ1) is 13.8. The molecular weight excluding hydrogens is 441 g/mol. The highest BCUT2D eigenvalue weighted by Gasteiger charge is 2.20. The van der Waals surface area contributed by atoms with Crippen LogP contribution in [-0.2, 0) is 0 Å². The van der Waals surface area contributed by atoms with Crippen LogP contribution < -0.4 is 15.7 Å². The maximum atomic E-state index is 12.5. The van der Waals surface area contributed by atoms with Gasteiger partial charge in [-0.1, -0.05) is 41.7 Å². The summed E-state index contributed by atoms with van der Waals surface area (Å²) in [5.74, 6) is -1.23. The fourth-order valence-corrected chi connectivity index (χ4v) is 3.20. The molecule has 0 radical (unpaired) electrons. The number of halogens is 3. The maximum absolute atomic E-state index is 12.5. The van der Waals surface area contributed by atoms with Crippen molar-refractivity contribution >= 4 is 57.6 Å². The largest absolute Gasteiger partial charge is 0.423 e. The van der Waals surface area contributed by atoms with E-state index >= 15 is 0 Å². The van der Waals surface area contributed by atoms with Crippen LogP contribution in [0.4, 0.5) is 0 Å². The van der Waals surface area contributed by atoms with Gasteiger partial charge in [0, 0.05) is 18.0 Å². The van der Waals surface area contributed by atoms with E-state index < -0.39 is 17.5 Å². The molecule has 1 N–H and O–H groups in total. The Balaban J connectivity index is 1.91. The van der Waals surface area contributed by atoms with E-state index in [2.05, 4.69) is 5.32 Å². The number of fused-ring (bicyclic) bond motifs is 1.